The van der Waals surface area contributed by atoms with E-state index in [-0.39, 0.29) is 5.56 Å². The van der Waals surface area contributed by atoms with Gasteiger partial charge in [-0.25, -0.2) is 4.98 Å². The summed E-state index contributed by atoms with van der Waals surface area (Å²) in [6.45, 7) is 1.85. The van der Waals surface area contributed by atoms with E-state index in [1.807, 2.05) is 13.0 Å². The van der Waals surface area contributed by atoms with Gasteiger partial charge in [0.25, 0.3) is 5.56 Å². The van der Waals surface area contributed by atoms with Crippen LogP contribution in [0.1, 0.15) is 30.1 Å². The van der Waals surface area contributed by atoms with Gasteiger partial charge in [0.05, 0.1) is 5.69 Å². The van der Waals surface area contributed by atoms with E-state index < -0.39 is 0 Å². The average Bonchev–Trinajstić information content (AvgIpc) is 3.19. The molecule has 1 aliphatic rings. The summed E-state index contributed by atoms with van der Waals surface area (Å²) in [5, 5.41) is 3.29. The van der Waals surface area contributed by atoms with Gasteiger partial charge in [0, 0.05) is 21.7 Å². The second-order valence-electron chi connectivity index (χ2n) is 5.34. The molecule has 1 aliphatic carbocycles. The first-order valence-corrected chi connectivity index (χ1v) is 7.69. The fourth-order valence-electron chi connectivity index (χ4n) is 2.54. The lowest BCUT2D eigenvalue weighted by Gasteiger charge is -2.08. The number of H-pyrrole nitrogens is 1. The fourth-order valence-corrected chi connectivity index (χ4v) is 3.46. The number of rotatable bonds is 2. The van der Waals surface area contributed by atoms with Gasteiger partial charge >= 0.3 is 0 Å². The summed E-state index contributed by atoms with van der Waals surface area (Å²) >= 11 is 1.70. The first-order chi connectivity index (χ1) is 9.74. The normalized spacial score (nSPS) is 14.8. The fraction of sp³-hybridized carbons (Fsp3) is 0.250. The van der Waals surface area contributed by atoms with Crippen molar-refractivity contribution in [3.8, 4) is 11.3 Å². The third kappa shape index (κ3) is 1.79. The number of fused-ring (bicyclic) bond motifs is 1. The highest BCUT2D eigenvalue weighted by atomic mass is 32.1. The number of hydrogen-bond acceptors (Lipinski definition) is 3. The van der Waals surface area contributed by atoms with Crippen LogP contribution in [0.5, 0.6) is 0 Å². The maximum absolute atomic E-state index is 12.1. The van der Waals surface area contributed by atoms with Gasteiger partial charge in [0.1, 0.15) is 5.82 Å². The predicted molar refractivity (Wildman–Crippen MR) is 82.4 cm³/mol. The van der Waals surface area contributed by atoms with E-state index in [9.17, 15) is 4.79 Å². The quantitative estimate of drug-likeness (QED) is 0.776. The first-order valence-electron chi connectivity index (χ1n) is 6.81. The van der Waals surface area contributed by atoms with E-state index in [4.69, 9.17) is 4.98 Å². The lowest BCUT2D eigenvalue weighted by molar-refractivity contribution is 0.901. The lowest BCUT2D eigenvalue weighted by Crippen LogP contribution is -2.15. The summed E-state index contributed by atoms with van der Waals surface area (Å²) in [5.41, 5.74) is 2.60. The Bertz CT molecular complexity index is 858. The highest BCUT2D eigenvalue weighted by molar-refractivity contribution is 7.17. The van der Waals surface area contributed by atoms with Crippen molar-refractivity contribution in [3.63, 3.8) is 0 Å². The van der Waals surface area contributed by atoms with Crippen molar-refractivity contribution in [2.75, 3.05) is 0 Å². The maximum Gasteiger partial charge on any atom is 0.254 e. The van der Waals surface area contributed by atoms with E-state index in [2.05, 4.69) is 28.6 Å². The van der Waals surface area contributed by atoms with Crippen molar-refractivity contribution in [1.29, 1.82) is 0 Å². The number of thiophene rings is 1. The molecule has 0 saturated heterocycles. The second-order valence-corrected chi connectivity index (χ2v) is 6.26. The first kappa shape index (κ1) is 11.9. The third-order valence-electron chi connectivity index (χ3n) is 3.87. The Balaban J connectivity index is 2.01. The van der Waals surface area contributed by atoms with Crippen LogP contribution in [0, 0.1) is 6.92 Å². The van der Waals surface area contributed by atoms with E-state index in [1.165, 1.54) is 10.1 Å². The van der Waals surface area contributed by atoms with Crippen molar-refractivity contribution in [2.45, 2.75) is 25.7 Å². The molecule has 2 aromatic heterocycles. The summed E-state index contributed by atoms with van der Waals surface area (Å²) < 4.78 is 1.20. The minimum Gasteiger partial charge on any atom is -0.310 e. The monoisotopic (exact) mass is 282 g/mol. The van der Waals surface area contributed by atoms with E-state index >= 15 is 0 Å². The van der Waals surface area contributed by atoms with Crippen molar-refractivity contribution < 1.29 is 0 Å². The molecule has 1 fully saturated rings. The summed E-state index contributed by atoms with van der Waals surface area (Å²) in [5.74, 6) is 1.30. The van der Waals surface area contributed by atoms with Gasteiger partial charge in [-0.2, -0.15) is 0 Å². The Morgan fingerprint density at radius 1 is 1.30 bits per heavy atom. The minimum atomic E-state index is -0.00883. The van der Waals surface area contributed by atoms with Crippen molar-refractivity contribution in [3.05, 3.63) is 51.4 Å². The highest BCUT2D eigenvalue weighted by Gasteiger charge is 2.27. The largest absolute Gasteiger partial charge is 0.310 e. The summed E-state index contributed by atoms with van der Waals surface area (Å²) in [4.78, 5) is 19.8. The van der Waals surface area contributed by atoms with E-state index in [0.29, 0.717) is 11.5 Å². The molecular weight excluding hydrogens is 268 g/mol. The maximum atomic E-state index is 12.1. The van der Waals surface area contributed by atoms with Gasteiger partial charge in [-0.05, 0) is 36.6 Å². The smallest absolute Gasteiger partial charge is 0.254 e. The van der Waals surface area contributed by atoms with Crippen LogP contribution < -0.4 is 5.56 Å². The molecule has 3 aromatic rings. The topological polar surface area (TPSA) is 45.8 Å². The van der Waals surface area contributed by atoms with Crippen molar-refractivity contribution in [1.82, 2.24) is 9.97 Å². The van der Waals surface area contributed by atoms with Gasteiger partial charge in [-0.1, -0.05) is 18.2 Å². The van der Waals surface area contributed by atoms with Crippen LogP contribution in [0.25, 0.3) is 21.3 Å². The van der Waals surface area contributed by atoms with Gasteiger partial charge < -0.3 is 4.98 Å². The number of hydrogen-bond donors (Lipinski definition) is 1. The van der Waals surface area contributed by atoms with Gasteiger partial charge in [-0.3, -0.25) is 4.79 Å². The lowest BCUT2D eigenvalue weighted by atomic mass is 10.1. The molecule has 3 nitrogen and oxygen atoms in total. The number of benzene rings is 1. The molecular formula is C16H14N2OS. The summed E-state index contributed by atoms with van der Waals surface area (Å²) in [6, 6.07) is 8.29. The highest BCUT2D eigenvalue weighted by Crippen LogP contribution is 2.39. The summed E-state index contributed by atoms with van der Waals surface area (Å²) in [6.07, 6.45) is 2.27. The van der Waals surface area contributed by atoms with Gasteiger partial charge in [0.15, 0.2) is 0 Å². The molecule has 1 N–H and O–H groups in total. The van der Waals surface area contributed by atoms with E-state index in [1.54, 1.807) is 11.3 Å². The van der Waals surface area contributed by atoms with Crippen LogP contribution in [0.15, 0.2) is 34.4 Å². The summed E-state index contributed by atoms with van der Waals surface area (Å²) in [7, 11) is 0. The molecule has 0 unspecified atom stereocenters. The van der Waals surface area contributed by atoms with Gasteiger partial charge in [0.2, 0.25) is 0 Å². The molecule has 4 rings (SSSR count). The van der Waals surface area contributed by atoms with Crippen LogP contribution in [-0.4, -0.2) is 9.97 Å². The molecule has 4 heteroatoms. The molecule has 0 amide bonds. The molecule has 0 spiro atoms. The van der Waals surface area contributed by atoms with Gasteiger partial charge in [-0.15, -0.1) is 11.3 Å². The number of aromatic nitrogens is 2. The van der Waals surface area contributed by atoms with Crippen LogP contribution in [0.2, 0.25) is 0 Å². The van der Waals surface area contributed by atoms with Crippen LogP contribution >= 0.6 is 11.3 Å². The van der Waals surface area contributed by atoms with E-state index in [0.717, 1.165) is 29.9 Å². The third-order valence-corrected chi connectivity index (χ3v) is 4.83. The molecule has 0 bridgehead atoms. The zero-order chi connectivity index (χ0) is 13.7. The number of nitrogens with zero attached hydrogens (tertiary/aromatic N) is 1. The Kier molecular flexibility index (Phi) is 2.54. The Labute approximate surface area is 120 Å². The molecule has 0 radical (unpaired) electrons. The molecule has 2 heterocycles. The molecule has 1 aromatic carbocycles. The molecule has 100 valence electrons. The van der Waals surface area contributed by atoms with Crippen LogP contribution in [-0.2, 0) is 0 Å². The standard InChI is InChI=1S/C16H14N2OS/c1-9-13(17-15(11-5-6-11)18-16(9)19)12-4-2-3-10-7-8-20-14(10)12/h2-4,7-8,11H,5-6H2,1H3,(H,17,18,19). The molecule has 0 aliphatic heterocycles. The molecule has 0 atom stereocenters. The predicted octanol–water partition coefficient (Wildman–Crippen LogP) is 3.84. The molecule has 1 saturated carbocycles. The Morgan fingerprint density at radius 2 is 2.15 bits per heavy atom. The Hall–Kier alpha value is -1.94. The zero-order valence-electron chi connectivity index (χ0n) is 11.1. The average molecular weight is 282 g/mol. The second kappa shape index (κ2) is 4.28. The van der Waals surface area contributed by atoms with Crippen LogP contribution in [0.4, 0.5) is 0 Å². The number of nitrogens with one attached hydrogen (secondary N) is 1. The zero-order valence-corrected chi connectivity index (χ0v) is 12.0. The van der Waals surface area contributed by atoms with Crippen LogP contribution in [0.3, 0.4) is 0 Å². The SMILES string of the molecule is Cc1c(-c2cccc3ccsc23)nc(C2CC2)[nH]c1=O. The number of aromatic amines is 1. The van der Waals surface area contributed by atoms with Crippen molar-refractivity contribution in [2.24, 2.45) is 0 Å². The molecule has 20 heavy (non-hydrogen) atoms. The Morgan fingerprint density at radius 3 is 2.95 bits per heavy atom. The van der Waals surface area contributed by atoms with Crippen molar-refractivity contribution >= 4 is 21.4 Å². The minimum absolute atomic E-state index is 0.00883.